The molecule has 9 nitrogen and oxygen atoms in total. The molecule has 0 saturated carbocycles. The van der Waals surface area contributed by atoms with Gasteiger partial charge in [-0.25, -0.2) is 19.7 Å². The van der Waals surface area contributed by atoms with Gasteiger partial charge in [0.1, 0.15) is 11.3 Å². The predicted octanol–water partition coefficient (Wildman–Crippen LogP) is 5.18. The molecule has 6 rings (SSSR count). The molecule has 0 unspecified atom stereocenters. The number of pyridine rings is 2. The molecule has 4 heterocycles. The number of benzene rings is 2. The number of aromatic nitrogens is 4. The van der Waals surface area contributed by atoms with Gasteiger partial charge < -0.3 is 15.7 Å². The molecule has 1 saturated heterocycles. The molecular formula is C29H26ClN7O2. The van der Waals surface area contributed by atoms with E-state index in [1.54, 1.807) is 6.20 Å². The standard InChI is InChI=1S/C29H26ClN7O2/c30-21-7-5-20(6-8-21)24-11-12-25-28(33-24)37(27(34-25)23-2-1-13-32-26(23)31)22-9-3-19(4-10-22)18-35-14-16-36(17-15-35)29(38)39/h1-13H,14-18H2,(H2,31,32)(H,38,39). The number of imidazole rings is 1. The lowest BCUT2D eigenvalue weighted by Crippen LogP contribution is -2.47. The zero-order chi connectivity index (χ0) is 26.9. The summed E-state index contributed by atoms with van der Waals surface area (Å²) in [5, 5.41) is 9.87. The zero-order valence-corrected chi connectivity index (χ0v) is 21.8. The van der Waals surface area contributed by atoms with Crippen molar-refractivity contribution in [3.63, 3.8) is 0 Å². The highest BCUT2D eigenvalue weighted by atomic mass is 35.5. The quantitative estimate of drug-likeness (QED) is 0.316. The van der Waals surface area contributed by atoms with Gasteiger partial charge in [-0.2, -0.15) is 0 Å². The van der Waals surface area contributed by atoms with Gasteiger partial charge in [0.25, 0.3) is 0 Å². The molecule has 0 radical (unpaired) electrons. The largest absolute Gasteiger partial charge is 0.465 e. The maximum absolute atomic E-state index is 11.2. The SMILES string of the molecule is Nc1ncccc1-c1nc2ccc(-c3ccc(Cl)cc3)nc2n1-c1ccc(CN2CCN(C(=O)O)CC2)cc1. The fourth-order valence-corrected chi connectivity index (χ4v) is 5.00. The second kappa shape index (κ2) is 10.4. The van der Waals surface area contributed by atoms with Crippen LogP contribution in [0.2, 0.25) is 5.02 Å². The van der Waals surface area contributed by atoms with E-state index >= 15 is 0 Å². The summed E-state index contributed by atoms with van der Waals surface area (Å²) in [7, 11) is 0. The van der Waals surface area contributed by atoms with Crippen LogP contribution in [-0.4, -0.2) is 66.7 Å². The van der Waals surface area contributed by atoms with E-state index in [0.29, 0.717) is 48.5 Å². The summed E-state index contributed by atoms with van der Waals surface area (Å²) in [5.74, 6) is 1.05. The minimum absolute atomic E-state index is 0.393. The van der Waals surface area contributed by atoms with Gasteiger partial charge in [0.05, 0.1) is 11.3 Å². The molecular weight excluding hydrogens is 514 g/mol. The third-order valence-electron chi connectivity index (χ3n) is 6.97. The third kappa shape index (κ3) is 5.01. The number of fused-ring (bicyclic) bond motifs is 1. The zero-order valence-electron chi connectivity index (χ0n) is 21.0. The Kier molecular flexibility index (Phi) is 6.60. The number of piperazine rings is 1. The molecule has 10 heteroatoms. The Hall–Kier alpha value is -4.47. The molecule has 2 aromatic carbocycles. The Morgan fingerprint density at radius 3 is 2.36 bits per heavy atom. The average molecular weight is 540 g/mol. The summed E-state index contributed by atoms with van der Waals surface area (Å²) in [4.78, 5) is 29.1. The van der Waals surface area contributed by atoms with Crippen molar-refractivity contribution in [3.05, 3.63) is 89.6 Å². The number of hydrogen-bond acceptors (Lipinski definition) is 6. The van der Waals surface area contributed by atoms with Crippen LogP contribution in [0.4, 0.5) is 10.6 Å². The van der Waals surface area contributed by atoms with Crippen molar-refractivity contribution in [3.8, 4) is 28.3 Å². The molecule has 0 atom stereocenters. The number of hydrogen-bond donors (Lipinski definition) is 2. The van der Waals surface area contributed by atoms with Gasteiger partial charge in [-0.3, -0.25) is 9.47 Å². The van der Waals surface area contributed by atoms with Crippen molar-refractivity contribution in [2.75, 3.05) is 31.9 Å². The number of amides is 1. The number of nitrogens with two attached hydrogens (primary N) is 1. The van der Waals surface area contributed by atoms with Crippen molar-refractivity contribution < 1.29 is 9.90 Å². The second-order valence-corrected chi connectivity index (χ2v) is 9.90. The molecule has 1 fully saturated rings. The first-order valence-corrected chi connectivity index (χ1v) is 13.0. The fraction of sp³-hybridized carbons (Fsp3) is 0.172. The Morgan fingerprint density at radius 1 is 0.923 bits per heavy atom. The van der Waals surface area contributed by atoms with Gasteiger partial charge in [0.2, 0.25) is 0 Å². The van der Waals surface area contributed by atoms with Crippen molar-refractivity contribution in [2.24, 2.45) is 0 Å². The van der Waals surface area contributed by atoms with Crippen LogP contribution in [0.1, 0.15) is 5.56 Å². The van der Waals surface area contributed by atoms with Crippen LogP contribution in [-0.2, 0) is 6.54 Å². The fourth-order valence-electron chi connectivity index (χ4n) is 4.88. The highest BCUT2D eigenvalue weighted by Gasteiger charge is 2.21. The third-order valence-corrected chi connectivity index (χ3v) is 7.22. The van der Waals surface area contributed by atoms with Crippen LogP contribution in [0.15, 0.2) is 79.0 Å². The summed E-state index contributed by atoms with van der Waals surface area (Å²) in [6, 6.07) is 23.5. The molecule has 39 heavy (non-hydrogen) atoms. The number of rotatable bonds is 5. The number of nitrogen functional groups attached to an aromatic ring is 1. The van der Waals surface area contributed by atoms with E-state index in [4.69, 9.17) is 27.3 Å². The van der Waals surface area contributed by atoms with Crippen LogP contribution in [0.25, 0.3) is 39.5 Å². The molecule has 0 bridgehead atoms. The normalized spacial score (nSPS) is 14.1. The molecule has 3 aromatic heterocycles. The van der Waals surface area contributed by atoms with E-state index in [9.17, 15) is 9.90 Å². The number of carboxylic acid groups (broad SMARTS) is 1. The smallest absolute Gasteiger partial charge is 0.407 e. The van der Waals surface area contributed by atoms with E-state index in [1.165, 1.54) is 4.90 Å². The van der Waals surface area contributed by atoms with Crippen LogP contribution < -0.4 is 5.73 Å². The van der Waals surface area contributed by atoms with Gasteiger partial charge in [-0.15, -0.1) is 0 Å². The Balaban J connectivity index is 1.38. The minimum Gasteiger partial charge on any atom is -0.465 e. The molecule has 3 N–H and O–H groups in total. The summed E-state index contributed by atoms with van der Waals surface area (Å²) < 4.78 is 2.01. The van der Waals surface area contributed by atoms with Crippen LogP contribution in [0.3, 0.4) is 0 Å². The Bertz CT molecular complexity index is 1640. The maximum atomic E-state index is 11.2. The summed E-state index contributed by atoms with van der Waals surface area (Å²) >= 11 is 6.10. The van der Waals surface area contributed by atoms with Gasteiger partial charge in [0.15, 0.2) is 11.5 Å². The van der Waals surface area contributed by atoms with Gasteiger partial charge >= 0.3 is 6.09 Å². The van der Waals surface area contributed by atoms with Crippen LogP contribution >= 0.6 is 11.6 Å². The van der Waals surface area contributed by atoms with Gasteiger partial charge in [-0.05, 0) is 54.1 Å². The summed E-state index contributed by atoms with van der Waals surface area (Å²) in [6.45, 7) is 3.21. The summed E-state index contributed by atoms with van der Waals surface area (Å²) in [6.07, 6.45) is 0.804. The molecule has 1 aliphatic heterocycles. The lowest BCUT2D eigenvalue weighted by molar-refractivity contribution is 0.103. The second-order valence-electron chi connectivity index (χ2n) is 9.47. The highest BCUT2D eigenvalue weighted by Crippen LogP contribution is 2.32. The molecule has 5 aromatic rings. The first-order chi connectivity index (χ1) is 19.0. The van der Waals surface area contributed by atoms with Crippen molar-refractivity contribution >= 4 is 34.7 Å². The van der Waals surface area contributed by atoms with Crippen molar-refractivity contribution in [1.29, 1.82) is 0 Å². The van der Waals surface area contributed by atoms with E-state index in [0.717, 1.165) is 40.1 Å². The first-order valence-electron chi connectivity index (χ1n) is 12.6. The van der Waals surface area contributed by atoms with Crippen LogP contribution in [0, 0.1) is 0 Å². The van der Waals surface area contributed by atoms with E-state index < -0.39 is 6.09 Å². The van der Waals surface area contributed by atoms with Crippen molar-refractivity contribution in [2.45, 2.75) is 6.54 Å². The van der Waals surface area contributed by atoms with E-state index in [2.05, 4.69) is 34.1 Å². The number of halogens is 1. The lowest BCUT2D eigenvalue weighted by atomic mass is 10.1. The highest BCUT2D eigenvalue weighted by molar-refractivity contribution is 6.30. The molecule has 196 valence electrons. The first kappa shape index (κ1) is 24.8. The van der Waals surface area contributed by atoms with E-state index in [1.807, 2.05) is 53.1 Å². The maximum Gasteiger partial charge on any atom is 0.407 e. The summed E-state index contributed by atoms with van der Waals surface area (Å²) in [5.41, 5.74) is 12.2. The Morgan fingerprint density at radius 2 is 1.67 bits per heavy atom. The topological polar surface area (TPSA) is 113 Å². The van der Waals surface area contributed by atoms with Crippen molar-refractivity contribution in [1.82, 2.24) is 29.3 Å². The monoisotopic (exact) mass is 539 g/mol. The molecule has 0 spiro atoms. The number of nitrogens with zero attached hydrogens (tertiary/aromatic N) is 6. The average Bonchev–Trinajstić information content (AvgIpc) is 3.33. The van der Waals surface area contributed by atoms with Crippen LogP contribution in [0.5, 0.6) is 0 Å². The Labute approximate surface area is 230 Å². The number of anilines is 1. The molecule has 1 amide bonds. The molecule has 1 aliphatic rings. The van der Waals surface area contributed by atoms with E-state index in [-0.39, 0.29) is 0 Å². The van der Waals surface area contributed by atoms with Gasteiger partial charge in [0, 0.05) is 55.2 Å². The molecule has 0 aliphatic carbocycles. The minimum atomic E-state index is -0.857. The predicted molar refractivity (Wildman–Crippen MR) is 152 cm³/mol. The number of carbonyl (C=O) groups is 1. The van der Waals surface area contributed by atoms with Gasteiger partial charge in [-0.1, -0.05) is 35.9 Å². The lowest BCUT2D eigenvalue weighted by Gasteiger charge is -2.33.